The van der Waals surface area contributed by atoms with Crippen molar-refractivity contribution in [2.75, 3.05) is 0 Å². The van der Waals surface area contributed by atoms with Crippen molar-refractivity contribution in [2.45, 2.75) is 52.6 Å². The van der Waals surface area contributed by atoms with Crippen LogP contribution >= 0.6 is 0 Å². The van der Waals surface area contributed by atoms with Crippen LogP contribution in [0.3, 0.4) is 0 Å². The van der Waals surface area contributed by atoms with Crippen LogP contribution in [0.25, 0.3) is 65.0 Å². The number of nitrogens with zero attached hydrogens (tertiary/aromatic N) is 2. The lowest BCUT2D eigenvalue weighted by molar-refractivity contribution is 0.409. The first-order chi connectivity index (χ1) is 18.9. The highest BCUT2D eigenvalue weighted by Crippen LogP contribution is 2.45. The third-order valence-electron chi connectivity index (χ3n) is 8.40. The van der Waals surface area contributed by atoms with Gasteiger partial charge in [0.15, 0.2) is 0 Å². The number of unbranched alkanes of at least 4 members (excludes halogenated alkanes) is 2. The standard InChI is InChI=1S/C32H27N3O4/c1-3-5-13-34-29(36)19-10-7-16-17-8-11-21-26-22(32(39)35(31(21)38)14-6-4-2)15-23(33)27(28(17)26)18-9-12-20(30(34)37)25(19)24(16)18/h7-12,15,33,36H,3-6,13-14H2,1-2H3. The molecule has 2 heterocycles. The van der Waals surface area contributed by atoms with E-state index in [4.69, 9.17) is 5.41 Å². The van der Waals surface area contributed by atoms with Gasteiger partial charge in [-0.1, -0.05) is 44.9 Å². The fourth-order valence-electron chi connectivity index (χ4n) is 6.52. The highest BCUT2D eigenvalue weighted by molar-refractivity contribution is 6.37. The number of aromatic hydroxyl groups is 1. The minimum atomic E-state index is -0.355. The zero-order chi connectivity index (χ0) is 27.2. The maximum Gasteiger partial charge on any atom is 0.261 e. The van der Waals surface area contributed by atoms with Gasteiger partial charge in [-0.15, -0.1) is 0 Å². The van der Waals surface area contributed by atoms with Crippen LogP contribution in [-0.2, 0) is 13.1 Å². The summed E-state index contributed by atoms with van der Waals surface area (Å²) >= 11 is 0. The van der Waals surface area contributed by atoms with Gasteiger partial charge in [0.05, 0.1) is 10.9 Å². The molecular weight excluding hydrogens is 490 g/mol. The molecule has 0 saturated heterocycles. The number of aromatic nitrogens is 2. The van der Waals surface area contributed by atoms with E-state index in [1.165, 1.54) is 9.13 Å². The van der Waals surface area contributed by atoms with Gasteiger partial charge in [-0.25, -0.2) is 0 Å². The molecule has 4 aromatic carbocycles. The lowest BCUT2D eigenvalue weighted by Gasteiger charge is -2.21. The topological polar surface area (TPSA) is 105 Å². The van der Waals surface area contributed by atoms with E-state index < -0.39 is 0 Å². The number of fused-ring (bicyclic) bond motifs is 2. The molecule has 5 aromatic rings. The third kappa shape index (κ3) is 2.93. The first kappa shape index (κ1) is 23.6. The van der Waals surface area contributed by atoms with Gasteiger partial charge in [-0.3, -0.25) is 23.5 Å². The second-order valence-corrected chi connectivity index (χ2v) is 10.6. The lowest BCUT2D eigenvalue weighted by atomic mass is 9.83. The van der Waals surface area contributed by atoms with E-state index in [0.29, 0.717) is 51.1 Å². The Kier molecular flexibility index (Phi) is 4.98. The molecule has 2 aliphatic rings. The fourth-order valence-corrected chi connectivity index (χ4v) is 6.52. The van der Waals surface area contributed by atoms with Crippen molar-refractivity contribution >= 4 is 53.9 Å². The Morgan fingerprint density at radius 3 is 1.90 bits per heavy atom. The molecule has 2 N–H and O–H groups in total. The molecule has 0 atom stereocenters. The second kappa shape index (κ2) is 8.24. The predicted molar refractivity (Wildman–Crippen MR) is 156 cm³/mol. The van der Waals surface area contributed by atoms with E-state index in [1.54, 1.807) is 18.2 Å². The van der Waals surface area contributed by atoms with Crippen LogP contribution in [0.2, 0.25) is 0 Å². The molecule has 1 aliphatic carbocycles. The van der Waals surface area contributed by atoms with Crippen molar-refractivity contribution in [2.24, 2.45) is 0 Å². The van der Waals surface area contributed by atoms with E-state index in [9.17, 15) is 19.5 Å². The number of rotatable bonds is 6. The van der Waals surface area contributed by atoms with Crippen LogP contribution < -0.4 is 22.0 Å². The van der Waals surface area contributed by atoms with Crippen molar-refractivity contribution in [3.8, 4) is 17.0 Å². The van der Waals surface area contributed by atoms with E-state index in [0.717, 1.165) is 52.6 Å². The van der Waals surface area contributed by atoms with Crippen LogP contribution in [0.5, 0.6) is 5.88 Å². The number of hydrogen-bond acceptors (Lipinski definition) is 5. The van der Waals surface area contributed by atoms with Crippen LogP contribution in [-0.4, -0.2) is 14.2 Å². The van der Waals surface area contributed by atoms with Gasteiger partial charge in [-0.05, 0) is 58.7 Å². The SMILES string of the molecule is CCCCn1c(O)c2ccc3c4ccc5c6c4c(c(=N)cc-6c(=O)n(CCCC)c5=O)c4ccc(c1=O)c2c34. The van der Waals surface area contributed by atoms with Crippen LogP contribution in [0, 0.1) is 5.41 Å². The molecule has 1 aliphatic heterocycles. The van der Waals surface area contributed by atoms with Crippen molar-refractivity contribution in [3.05, 3.63) is 78.9 Å². The molecule has 7 nitrogen and oxygen atoms in total. The Morgan fingerprint density at radius 1 is 0.641 bits per heavy atom. The molecule has 1 aromatic heterocycles. The van der Waals surface area contributed by atoms with Gasteiger partial charge in [0.25, 0.3) is 16.7 Å². The average Bonchev–Trinajstić information content (AvgIpc) is 2.94. The lowest BCUT2D eigenvalue weighted by Crippen LogP contribution is -2.35. The molecule has 0 fully saturated rings. The number of pyridine rings is 2. The van der Waals surface area contributed by atoms with Gasteiger partial charge >= 0.3 is 0 Å². The summed E-state index contributed by atoms with van der Waals surface area (Å²) in [5, 5.41) is 27.3. The fraction of sp³-hybridized carbons (Fsp3) is 0.250. The normalized spacial score (nSPS) is 12.5. The summed E-state index contributed by atoms with van der Waals surface area (Å²) in [6.45, 7) is 4.85. The first-order valence-electron chi connectivity index (χ1n) is 13.6. The molecule has 0 unspecified atom stereocenters. The van der Waals surface area contributed by atoms with Crippen molar-refractivity contribution in [3.63, 3.8) is 0 Å². The summed E-state index contributed by atoms with van der Waals surface area (Å²) in [5.41, 5.74) is 0.0863. The maximum atomic E-state index is 13.5. The molecule has 39 heavy (non-hydrogen) atoms. The maximum absolute atomic E-state index is 13.5. The number of nitrogens with one attached hydrogen (secondary N) is 1. The minimum Gasteiger partial charge on any atom is -0.494 e. The highest BCUT2D eigenvalue weighted by atomic mass is 16.3. The van der Waals surface area contributed by atoms with Crippen molar-refractivity contribution in [1.82, 2.24) is 9.13 Å². The van der Waals surface area contributed by atoms with E-state index >= 15 is 0 Å². The van der Waals surface area contributed by atoms with Crippen LogP contribution in [0.4, 0.5) is 0 Å². The molecule has 0 bridgehead atoms. The molecule has 194 valence electrons. The zero-order valence-electron chi connectivity index (χ0n) is 21.9. The summed E-state index contributed by atoms with van der Waals surface area (Å²) in [5.74, 6) is -0.0462. The molecule has 7 rings (SSSR count). The Hall–Kier alpha value is -4.52. The van der Waals surface area contributed by atoms with Crippen molar-refractivity contribution in [1.29, 1.82) is 5.41 Å². The van der Waals surface area contributed by atoms with Crippen LogP contribution in [0.15, 0.2) is 56.8 Å². The predicted octanol–water partition coefficient (Wildman–Crippen LogP) is 5.34. The average molecular weight is 518 g/mol. The van der Waals surface area contributed by atoms with Crippen LogP contribution in [0.1, 0.15) is 39.5 Å². The van der Waals surface area contributed by atoms with E-state index in [1.807, 2.05) is 38.1 Å². The summed E-state index contributed by atoms with van der Waals surface area (Å²) in [6.07, 6.45) is 3.26. The molecule has 0 spiro atoms. The smallest absolute Gasteiger partial charge is 0.261 e. The van der Waals surface area contributed by atoms with E-state index in [-0.39, 0.29) is 27.9 Å². The van der Waals surface area contributed by atoms with Crippen molar-refractivity contribution < 1.29 is 5.11 Å². The Morgan fingerprint density at radius 2 is 1.18 bits per heavy atom. The first-order valence-corrected chi connectivity index (χ1v) is 13.6. The molecular formula is C32H27N3O4. The highest BCUT2D eigenvalue weighted by Gasteiger charge is 2.26. The molecule has 0 saturated carbocycles. The number of benzene rings is 5. The monoisotopic (exact) mass is 517 g/mol. The quantitative estimate of drug-likeness (QED) is 0.229. The largest absolute Gasteiger partial charge is 0.494 e. The summed E-state index contributed by atoms with van der Waals surface area (Å²) in [4.78, 5) is 40.5. The van der Waals surface area contributed by atoms with Gasteiger partial charge in [-0.2, -0.15) is 0 Å². The summed E-state index contributed by atoms with van der Waals surface area (Å²) in [7, 11) is 0. The summed E-state index contributed by atoms with van der Waals surface area (Å²) < 4.78 is 2.75. The second-order valence-electron chi connectivity index (χ2n) is 10.6. The Bertz CT molecular complexity index is 2300. The van der Waals surface area contributed by atoms with Gasteiger partial charge in [0.2, 0.25) is 5.88 Å². The Labute approximate surface area is 222 Å². The minimum absolute atomic E-state index is 0.0462. The molecule has 0 radical (unpaired) electrons. The Balaban J connectivity index is 1.71. The molecule has 0 amide bonds. The number of hydrogen-bond donors (Lipinski definition) is 2. The van der Waals surface area contributed by atoms with Gasteiger partial charge in [0, 0.05) is 51.0 Å². The summed E-state index contributed by atoms with van der Waals surface area (Å²) in [6, 6.07) is 12.7. The van der Waals surface area contributed by atoms with Gasteiger partial charge in [0.1, 0.15) is 0 Å². The van der Waals surface area contributed by atoms with E-state index in [2.05, 4.69) is 0 Å². The third-order valence-corrected chi connectivity index (χ3v) is 8.40. The molecule has 7 heteroatoms. The zero-order valence-corrected chi connectivity index (χ0v) is 21.9. The van der Waals surface area contributed by atoms with Gasteiger partial charge < -0.3 is 10.5 Å².